The Kier molecular flexibility index (Phi) is 4.36. The molecule has 1 heterocycles. The van der Waals surface area contributed by atoms with Gasteiger partial charge in [0.1, 0.15) is 0 Å². The molecule has 0 spiro atoms. The maximum absolute atomic E-state index is 12.3. The molecule has 2 heteroatoms. The molecule has 0 saturated heterocycles. The molecule has 3 fully saturated rings. The number of carbonyl (C=O) groups is 1. The molecule has 0 aromatic carbocycles. The van der Waals surface area contributed by atoms with Crippen LogP contribution in [-0.4, -0.2) is 23.9 Å². The number of amides is 1. The van der Waals surface area contributed by atoms with Gasteiger partial charge in [0.15, 0.2) is 0 Å². The molecular formula is C24H39NO. The number of hydrogen-bond donors (Lipinski definition) is 0. The Bertz CT molecular complexity index is 611. The molecule has 2 nitrogen and oxygen atoms in total. The molecule has 9 atom stereocenters. The molecule has 146 valence electrons. The van der Waals surface area contributed by atoms with E-state index in [1.165, 1.54) is 38.5 Å². The molecule has 26 heavy (non-hydrogen) atoms. The summed E-state index contributed by atoms with van der Waals surface area (Å²) < 4.78 is 0. The number of hydrogen-bond acceptors (Lipinski definition) is 1. The summed E-state index contributed by atoms with van der Waals surface area (Å²) in [5.74, 6) is 5.21. The quantitative estimate of drug-likeness (QED) is 0.636. The van der Waals surface area contributed by atoms with E-state index in [0.29, 0.717) is 11.5 Å². The van der Waals surface area contributed by atoms with Crippen molar-refractivity contribution < 1.29 is 4.79 Å². The molecule has 4 rings (SSSR count). The number of likely N-dealkylation sites (N-methyl/N-ethyl adjacent to an activating group) is 1. The Hall–Kier alpha value is -0.790. The lowest BCUT2D eigenvalue weighted by atomic mass is 9.45. The molecule has 0 N–H and O–H groups in total. The molecule has 4 unspecified atom stereocenters. The van der Waals surface area contributed by atoms with Gasteiger partial charge in [-0.15, -0.1) is 0 Å². The zero-order chi connectivity index (χ0) is 18.9. The third kappa shape index (κ3) is 2.32. The van der Waals surface area contributed by atoms with Crippen molar-refractivity contribution in [2.24, 2.45) is 46.3 Å². The number of fused-ring (bicyclic) bond motifs is 5. The highest BCUT2D eigenvalue weighted by molar-refractivity contribution is 5.89. The van der Waals surface area contributed by atoms with Crippen LogP contribution in [0.2, 0.25) is 0 Å². The van der Waals surface area contributed by atoms with Crippen LogP contribution in [0.25, 0.3) is 0 Å². The highest BCUT2D eigenvalue weighted by Crippen LogP contribution is 2.67. The Morgan fingerprint density at radius 1 is 1.23 bits per heavy atom. The van der Waals surface area contributed by atoms with E-state index in [1.54, 1.807) is 0 Å². The fraction of sp³-hybridized carbons (Fsp3) is 0.875. The van der Waals surface area contributed by atoms with E-state index < -0.39 is 0 Å². The van der Waals surface area contributed by atoms with Crippen LogP contribution in [0.5, 0.6) is 0 Å². The predicted octanol–water partition coefficient (Wildman–Crippen LogP) is 5.53. The van der Waals surface area contributed by atoms with Gasteiger partial charge in [-0.25, -0.2) is 0 Å². The van der Waals surface area contributed by atoms with Crippen LogP contribution in [0.4, 0.5) is 0 Å². The second-order valence-electron chi connectivity index (χ2n) is 10.8. The fourth-order valence-corrected chi connectivity index (χ4v) is 8.32. The monoisotopic (exact) mass is 357 g/mol. The SMILES string of the molecule is CCC(C)C1CC[C@H]2[C@@H]3C(C)CC4N(C)C(=O)C=C[C@]4(C)[C@@H]3CC[C@]12C. The first-order valence-electron chi connectivity index (χ1n) is 11.2. The zero-order valence-corrected chi connectivity index (χ0v) is 17.8. The standard InChI is InChI=1S/C24H39NO/c1-7-15(2)17-8-9-18-22-16(3)14-20-24(5,13-11-21(26)25(20)6)19(22)10-12-23(17,18)4/h11,13,15-20,22H,7-10,12,14H2,1-6H3/t15?,16?,17?,18-,19+,20?,22-,23+,24+/m0/s1. The maximum Gasteiger partial charge on any atom is 0.246 e. The number of nitrogens with zero attached hydrogens (tertiary/aromatic N) is 1. The highest BCUT2D eigenvalue weighted by Gasteiger charge is 2.62. The molecule has 3 saturated carbocycles. The van der Waals surface area contributed by atoms with Gasteiger partial charge in [0.25, 0.3) is 0 Å². The van der Waals surface area contributed by atoms with E-state index in [-0.39, 0.29) is 11.3 Å². The van der Waals surface area contributed by atoms with Gasteiger partial charge in [-0.3, -0.25) is 4.79 Å². The lowest BCUT2D eigenvalue weighted by Gasteiger charge is -2.62. The second-order valence-corrected chi connectivity index (χ2v) is 10.8. The van der Waals surface area contributed by atoms with Crippen molar-refractivity contribution in [1.29, 1.82) is 0 Å². The number of carbonyl (C=O) groups excluding carboxylic acids is 1. The van der Waals surface area contributed by atoms with Crippen LogP contribution in [-0.2, 0) is 4.79 Å². The smallest absolute Gasteiger partial charge is 0.246 e. The van der Waals surface area contributed by atoms with Gasteiger partial charge < -0.3 is 4.90 Å². The molecule has 0 aromatic rings. The third-order valence-corrected chi connectivity index (χ3v) is 9.91. The van der Waals surface area contributed by atoms with Crippen molar-refractivity contribution in [3.63, 3.8) is 0 Å². The lowest BCUT2D eigenvalue weighted by molar-refractivity contribution is -0.145. The second kappa shape index (κ2) is 6.11. The summed E-state index contributed by atoms with van der Waals surface area (Å²) in [7, 11) is 2.03. The summed E-state index contributed by atoms with van der Waals surface area (Å²) in [4.78, 5) is 14.3. The highest BCUT2D eigenvalue weighted by atomic mass is 16.2. The largest absolute Gasteiger partial charge is 0.338 e. The van der Waals surface area contributed by atoms with Crippen molar-refractivity contribution in [3.8, 4) is 0 Å². The van der Waals surface area contributed by atoms with Gasteiger partial charge in [-0.1, -0.05) is 47.1 Å². The normalized spacial score (nSPS) is 51.6. The average molecular weight is 358 g/mol. The first kappa shape index (κ1) is 18.6. The predicted molar refractivity (Wildman–Crippen MR) is 108 cm³/mol. The van der Waals surface area contributed by atoms with Crippen LogP contribution in [0, 0.1) is 46.3 Å². The lowest BCUT2D eigenvalue weighted by Crippen LogP contribution is -2.61. The van der Waals surface area contributed by atoms with E-state index in [0.717, 1.165) is 35.5 Å². The molecule has 1 amide bonds. The van der Waals surface area contributed by atoms with E-state index in [4.69, 9.17) is 0 Å². The molecule has 0 aromatic heterocycles. The molecule has 3 aliphatic carbocycles. The van der Waals surface area contributed by atoms with E-state index in [1.807, 2.05) is 13.1 Å². The minimum absolute atomic E-state index is 0.176. The summed E-state index contributed by atoms with van der Waals surface area (Å²) in [5.41, 5.74) is 0.726. The van der Waals surface area contributed by atoms with Crippen LogP contribution >= 0.6 is 0 Å². The summed E-state index contributed by atoms with van der Waals surface area (Å²) in [6.45, 7) is 12.5. The Labute approximate surface area is 160 Å². The molecule has 1 aliphatic heterocycles. The van der Waals surface area contributed by atoms with E-state index >= 15 is 0 Å². The van der Waals surface area contributed by atoms with Crippen molar-refractivity contribution in [2.75, 3.05) is 7.05 Å². The van der Waals surface area contributed by atoms with Crippen LogP contribution in [0.1, 0.15) is 73.1 Å². The summed E-state index contributed by atoms with van der Waals surface area (Å²) >= 11 is 0. The van der Waals surface area contributed by atoms with E-state index in [2.05, 4.69) is 45.6 Å². The Morgan fingerprint density at radius 3 is 2.65 bits per heavy atom. The minimum atomic E-state index is 0.176. The zero-order valence-electron chi connectivity index (χ0n) is 17.8. The van der Waals surface area contributed by atoms with Gasteiger partial charge in [-0.2, -0.15) is 0 Å². The minimum Gasteiger partial charge on any atom is -0.338 e. The van der Waals surface area contributed by atoms with Gasteiger partial charge in [0.2, 0.25) is 5.91 Å². The van der Waals surface area contributed by atoms with Crippen LogP contribution in [0.3, 0.4) is 0 Å². The molecule has 0 radical (unpaired) electrons. The Morgan fingerprint density at radius 2 is 1.96 bits per heavy atom. The topological polar surface area (TPSA) is 20.3 Å². The fourth-order valence-electron chi connectivity index (χ4n) is 8.32. The molecular weight excluding hydrogens is 318 g/mol. The summed E-state index contributed by atoms with van der Waals surface area (Å²) in [5, 5.41) is 0. The van der Waals surface area contributed by atoms with Crippen molar-refractivity contribution in [1.82, 2.24) is 4.90 Å². The van der Waals surface area contributed by atoms with Crippen molar-refractivity contribution in [3.05, 3.63) is 12.2 Å². The molecule has 0 bridgehead atoms. The van der Waals surface area contributed by atoms with Gasteiger partial charge in [0, 0.05) is 18.5 Å². The Balaban J connectivity index is 1.69. The first-order chi connectivity index (χ1) is 12.2. The average Bonchev–Trinajstić information content (AvgIpc) is 2.97. The van der Waals surface area contributed by atoms with Crippen molar-refractivity contribution >= 4 is 5.91 Å². The van der Waals surface area contributed by atoms with Gasteiger partial charge in [-0.05, 0) is 79.1 Å². The van der Waals surface area contributed by atoms with E-state index in [9.17, 15) is 4.79 Å². The number of rotatable bonds is 2. The van der Waals surface area contributed by atoms with Crippen molar-refractivity contribution in [2.45, 2.75) is 79.2 Å². The maximum atomic E-state index is 12.3. The summed E-state index contributed by atoms with van der Waals surface area (Å²) in [6.07, 6.45) is 12.3. The van der Waals surface area contributed by atoms with Crippen LogP contribution < -0.4 is 0 Å². The van der Waals surface area contributed by atoms with Gasteiger partial charge >= 0.3 is 0 Å². The van der Waals surface area contributed by atoms with Gasteiger partial charge in [0.05, 0.1) is 0 Å². The third-order valence-electron chi connectivity index (χ3n) is 9.91. The summed E-state index contributed by atoms with van der Waals surface area (Å²) in [6, 6.07) is 0.396. The van der Waals surface area contributed by atoms with Crippen LogP contribution in [0.15, 0.2) is 12.2 Å². The molecule has 4 aliphatic rings. The first-order valence-corrected chi connectivity index (χ1v) is 11.2.